The summed E-state index contributed by atoms with van der Waals surface area (Å²) in [5, 5.41) is 19.1. The number of hydrogen-bond donors (Lipinski definition) is 4. The molecule has 0 aromatic heterocycles. The van der Waals surface area contributed by atoms with Crippen molar-refractivity contribution in [3.8, 4) is 0 Å². The molecule has 1 saturated carbocycles. The largest absolute Gasteiger partial charge is 0.388 e. The molecule has 4 N–H and O–H groups in total. The molecule has 0 bridgehead atoms. The molecular weight excluding hydrogens is 256 g/mol. The molecule has 1 amide bonds. The summed E-state index contributed by atoms with van der Waals surface area (Å²) in [4.78, 5) is 15.9. The Morgan fingerprint density at radius 1 is 1.30 bits per heavy atom. The van der Waals surface area contributed by atoms with Gasteiger partial charge in [0.15, 0.2) is 5.96 Å². The van der Waals surface area contributed by atoms with Crippen LogP contribution < -0.4 is 16.0 Å². The topological polar surface area (TPSA) is 85.8 Å². The summed E-state index contributed by atoms with van der Waals surface area (Å²) >= 11 is 0. The van der Waals surface area contributed by atoms with Crippen LogP contribution in [-0.2, 0) is 4.79 Å². The average Bonchev–Trinajstić information content (AvgIpc) is 2.28. The van der Waals surface area contributed by atoms with Crippen LogP contribution in [0.4, 0.5) is 0 Å². The lowest BCUT2D eigenvalue weighted by Crippen LogP contribution is -2.51. The van der Waals surface area contributed by atoms with Crippen molar-refractivity contribution in [3.63, 3.8) is 0 Å². The highest BCUT2D eigenvalue weighted by Gasteiger charge is 2.34. The minimum Gasteiger partial charge on any atom is -0.388 e. The molecule has 0 saturated heterocycles. The summed E-state index contributed by atoms with van der Waals surface area (Å²) in [5.41, 5.74) is -0.858. The van der Waals surface area contributed by atoms with Crippen LogP contribution in [0.1, 0.15) is 47.0 Å². The predicted molar refractivity (Wildman–Crippen MR) is 80.7 cm³/mol. The summed E-state index contributed by atoms with van der Waals surface area (Å²) < 4.78 is 0. The van der Waals surface area contributed by atoms with Gasteiger partial charge in [-0.2, -0.15) is 0 Å². The molecule has 0 aromatic rings. The van der Waals surface area contributed by atoms with Crippen LogP contribution in [0.2, 0.25) is 0 Å². The molecular formula is C14H28N4O2. The Balaban J connectivity index is 2.43. The van der Waals surface area contributed by atoms with Crippen molar-refractivity contribution in [3.05, 3.63) is 0 Å². The second-order valence-electron chi connectivity index (χ2n) is 6.42. The van der Waals surface area contributed by atoms with Gasteiger partial charge in [-0.1, -0.05) is 0 Å². The lowest BCUT2D eigenvalue weighted by Gasteiger charge is -2.36. The first-order valence-corrected chi connectivity index (χ1v) is 7.30. The number of rotatable bonds is 5. The highest BCUT2D eigenvalue weighted by atomic mass is 16.3. The fourth-order valence-electron chi connectivity index (χ4n) is 1.96. The molecule has 0 aliphatic heterocycles. The number of aliphatic imine (C=N–C) groups is 1. The molecule has 0 unspecified atom stereocenters. The minimum absolute atomic E-state index is 0.0744. The van der Waals surface area contributed by atoms with E-state index in [9.17, 15) is 9.90 Å². The molecule has 0 aromatic carbocycles. The summed E-state index contributed by atoms with van der Waals surface area (Å²) in [7, 11) is 0. The van der Waals surface area contributed by atoms with Gasteiger partial charge in [-0.25, -0.2) is 4.99 Å². The number of amides is 1. The Kier molecular flexibility index (Phi) is 5.80. The number of nitrogens with zero attached hydrogens (tertiary/aromatic N) is 1. The molecule has 20 heavy (non-hydrogen) atoms. The number of carbonyl (C=O) groups excluding carboxylic acids is 1. The molecule has 116 valence electrons. The number of nitrogens with one attached hydrogen (secondary N) is 3. The smallest absolute Gasteiger partial charge is 0.242 e. The van der Waals surface area contributed by atoms with Crippen molar-refractivity contribution in [2.45, 2.75) is 58.1 Å². The SMILES string of the molecule is CCNC(=NCC(=O)NC(C)(C)C)NCC1(O)CCC1. The van der Waals surface area contributed by atoms with Gasteiger partial charge in [0, 0.05) is 18.6 Å². The maximum absolute atomic E-state index is 11.7. The van der Waals surface area contributed by atoms with Gasteiger partial charge in [0.2, 0.25) is 5.91 Å². The molecule has 0 heterocycles. The van der Waals surface area contributed by atoms with Gasteiger partial charge in [-0.15, -0.1) is 0 Å². The van der Waals surface area contributed by atoms with Crippen LogP contribution in [0.5, 0.6) is 0 Å². The Morgan fingerprint density at radius 2 is 1.95 bits per heavy atom. The van der Waals surface area contributed by atoms with E-state index in [0.29, 0.717) is 19.0 Å². The van der Waals surface area contributed by atoms with E-state index in [1.807, 2.05) is 27.7 Å². The van der Waals surface area contributed by atoms with Gasteiger partial charge in [0.25, 0.3) is 0 Å². The second-order valence-corrected chi connectivity index (χ2v) is 6.42. The third-order valence-corrected chi connectivity index (χ3v) is 3.11. The lowest BCUT2D eigenvalue weighted by atomic mass is 9.80. The lowest BCUT2D eigenvalue weighted by molar-refractivity contribution is -0.121. The molecule has 1 rings (SSSR count). The third-order valence-electron chi connectivity index (χ3n) is 3.11. The van der Waals surface area contributed by atoms with Crippen LogP contribution in [0.25, 0.3) is 0 Å². The zero-order valence-electron chi connectivity index (χ0n) is 13.0. The maximum Gasteiger partial charge on any atom is 0.242 e. The number of aliphatic hydroxyl groups is 1. The summed E-state index contributed by atoms with van der Waals surface area (Å²) in [6.45, 7) is 9.03. The maximum atomic E-state index is 11.7. The van der Waals surface area contributed by atoms with E-state index in [1.165, 1.54) is 0 Å². The molecule has 0 spiro atoms. The molecule has 0 radical (unpaired) electrons. The molecule has 1 aliphatic rings. The Hall–Kier alpha value is -1.30. The Morgan fingerprint density at radius 3 is 2.40 bits per heavy atom. The molecule has 6 heteroatoms. The van der Waals surface area contributed by atoms with Crippen molar-refractivity contribution in [1.82, 2.24) is 16.0 Å². The number of guanidine groups is 1. The first kappa shape index (κ1) is 16.8. The normalized spacial score (nSPS) is 18.1. The fraction of sp³-hybridized carbons (Fsp3) is 0.857. The van der Waals surface area contributed by atoms with Crippen molar-refractivity contribution in [1.29, 1.82) is 0 Å². The first-order valence-electron chi connectivity index (χ1n) is 7.30. The highest BCUT2D eigenvalue weighted by molar-refractivity contribution is 5.85. The molecule has 6 nitrogen and oxygen atoms in total. The van der Waals surface area contributed by atoms with Gasteiger partial charge in [0.05, 0.1) is 5.60 Å². The number of hydrogen-bond acceptors (Lipinski definition) is 3. The summed E-state index contributed by atoms with van der Waals surface area (Å²) in [6.07, 6.45) is 2.72. The Labute approximate surface area is 121 Å². The second kappa shape index (κ2) is 6.92. The van der Waals surface area contributed by atoms with Gasteiger partial charge in [-0.05, 0) is 47.0 Å². The first-order chi connectivity index (χ1) is 9.24. The van der Waals surface area contributed by atoms with Crippen molar-refractivity contribution in [2.75, 3.05) is 19.6 Å². The van der Waals surface area contributed by atoms with Crippen LogP contribution in [0.15, 0.2) is 4.99 Å². The van der Waals surface area contributed by atoms with Gasteiger partial charge >= 0.3 is 0 Å². The molecule has 1 aliphatic carbocycles. The van der Waals surface area contributed by atoms with Crippen LogP contribution >= 0.6 is 0 Å². The standard InChI is InChI=1S/C14H28N4O2/c1-5-15-12(17-10-14(20)7-6-8-14)16-9-11(19)18-13(2,3)4/h20H,5-10H2,1-4H3,(H,18,19)(H2,15,16,17). The van der Waals surface area contributed by atoms with Crippen LogP contribution in [0, 0.1) is 0 Å². The van der Waals surface area contributed by atoms with E-state index in [0.717, 1.165) is 19.3 Å². The van der Waals surface area contributed by atoms with Crippen LogP contribution in [-0.4, -0.2) is 47.7 Å². The summed E-state index contributed by atoms with van der Waals surface area (Å²) in [5.74, 6) is 0.453. The minimum atomic E-state index is -0.607. The summed E-state index contributed by atoms with van der Waals surface area (Å²) in [6, 6.07) is 0. The van der Waals surface area contributed by atoms with Gasteiger partial charge in [0.1, 0.15) is 6.54 Å². The predicted octanol–water partition coefficient (Wildman–Crippen LogP) is 0.371. The van der Waals surface area contributed by atoms with E-state index in [2.05, 4.69) is 20.9 Å². The zero-order chi connectivity index (χ0) is 15.2. The zero-order valence-corrected chi connectivity index (χ0v) is 13.0. The van der Waals surface area contributed by atoms with Gasteiger partial charge in [-0.3, -0.25) is 4.79 Å². The van der Waals surface area contributed by atoms with E-state index >= 15 is 0 Å². The average molecular weight is 284 g/mol. The monoisotopic (exact) mass is 284 g/mol. The highest BCUT2D eigenvalue weighted by Crippen LogP contribution is 2.30. The number of carbonyl (C=O) groups is 1. The van der Waals surface area contributed by atoms with Crippen molar-refractivity contribution in [2.24, 2.45) is 4.99 Å². The molecule has 0 atom stereocenters. The van der Waals surface area contributed by atoms with Crippen molar-refractivity contribution < 1.29 is 9.90 Å². The van der Waals surface area contributed by atoms with E-state index < -0.39 is 5.60 Å². The third kappa shape index (κ3) is 6.23. The quantitative estimate of drug-likeness (QED) is 0.434. The van der Waals surface area contributed by atoms with Crippen molar-refractivity contribution >= 4 is 11.9 Å². The van der Waals surface area contributed by atoms with Gasteiger partial charge < -0.3 is 21.1 Å². The molecule has 1 fully saturated rings. The van der Waals surface area contributed by atoms with Crippen LogP contribution in [0.3, 0.4) is 0 Å². The Bertz CT molecular complexity index is 357. The fourth-order valence-corrected chi connectivity index (χ4v) is 1.96. The van der Waals surface area contributed by atoms with E-state index in [1.54, 1.807) is 0 Å². The van der Waals surface area contributed by atoms with E-state index in [4.69, 9.17) is 0 Å². The van der Waals surface area contributed by atoms with E-state index in [-0.39, 0.29) is 18.0 Å².